The summed E-state index contributed by atoms with van der Waals surface area (Å²) >= 11 is 0. The van der Waals surface area contributed by atoms with Gasteiger partial charge in [0.15, 0.2) is 0 Å². The van der Waals surface area contributed by atoms with E-state index in [1.807, 2.05) is 23.7 Å². The van der Waals surface area contributed by atoms with E-state index in [1.54, 1.807) is 0 Å². The van der Waals surface area contributed by atoms with Crippen LogP contribution in [0.3, 0.4) is 0 Å². The van der Waals surface area contributed by atoms with Gasteiger partial charge in [0.2, 0.25) is 0 Å². The van der Waals surface area contributed by atoms with Gasteiger partial charge >= 0.3 is 5.97 Å². The lowest BCUT2D eigenvalue weighted by Crippen LogP contribution is -1.93. The molecule has 4 heteroatoms. The van der Waals surface area contributed by atoms with Crippen LogP contribution in [-0.4, -0.2) is 20.6 Å². The van der Waals surface area contributed by atoms with E-state index >= 15 is 0 Å². The zero-order valence-corrected chi connectivity index (χ0v) is 9.84. The summed E-state index contributed by atoms with van der Waals surface area (Å²) in [4.78, 5) is 14.8. The molecular weight excluding hydrogens is 216 g/mol. The number of carbonyl (C=O) groups is 1. The molecule has 88 valence electrons. The van der Waals surface area contributed by atoms with Crippen LogP contribution in [0.2, 0.25) is 0 Å². The van der Waals surface area contributed by atoms with Gasteiger partial charge in [-0.2, -0.15) is 0 Å². The molecule has 0 aliphatic heterocycles. The van der Waals surface area contributed by atoms with Crippen LogP contribution in [0, 0.1) is 0 Å². The minimum atomic E-state index is -0.966. The Morgan fingerprint density at radius 3 is 2.94 bits per heavy atom. The molecule has 0 unspecified atom stereocenters. The minimum absolute atomic E-state index is 0.649. The molecule has 4 nitrogen and oxygen atoms in total. The van der Waals surface area contributed by atoms with Crippen LogP contribution in [-0.2, 0) is 18.3 Å². The average molecular weight is 230 g/mol. The van der Waals surface area contributed by atoms with Gasteiger partial charge in [0.05, 0.1) is 11.0 Å². The summed E-state index contributed by atoms with van der Waals surface area (Å²) in [6.07, 6.45) is 3.58. The standard InChI is InChI=1S/C13H14N2O2/c1-3-9-4-5-10-11(8-9)15(2)12(14-10)6-7-13(16)17/h4-8H,3H2,1-2H3,(H,16,17)/b7-6+. The third-order valence-electron chi connectivity index (χ3n) is 2.76. The maximum atomic E-state index is 10.5. The van der Waals surface area contributed by atoms with Crippen LogP contribution in [0.25, 0.3) is 17.1 Å². The van der Waals surface area contributed by atoms with Gasteiger partial charge in [0.25, 0.3) is 0 Å². The quantitative estimate of drug-likeness (QED) is 0.823. The fourth-order valence-electron chi connectivity index (χ4n) is 1.77. The van der Waals surface area contributed by atoms with E-state index < -0.39 is 5.97 Å². The van der Waals surface area contributed by atoms with Gasteiger partial charge in [-0.05, 0) is 30.2 Å². The summed E-state index contributed by atoms with van der Waals surface area (Å²) in [7, 11) is 1.89. The topological polar surface area (TPSA) is 55.1 Å². The number of aryl methyl sites for hydroxylation is 2. The minimum Gasteiger partial charge on any atom is -0.478 e. The SMILES string of the molecule is CCc1ccc2nc(/C=C/C(=O)O)n(C)c2c1. The molecule has 0 amide bonds. The second-order valence-electron chi connectivity index (χ2n) is 3.88. The van der Waals surface area contributed by atoms with Gasteiger partial charge in [0.1, 0.15) is 5.82 Å². The number of hydrogen-bond acceptors (Lipinski definition) is 2. The Morgan fingerprint density at radius 2 is 2.29 bits per heavy atom. The maximum absolute atomic E-state index is 10.5. The highest BCUT2D eigenvalue weighted by Gasteiger charge is 2.05. The smallest absolute Gasteiger partial charge is 0.328 e. The second kappa shape index (κ2) is 4.41. The molecule has 0 radical (unpaired) electrons. The fraction of sp³-hybridized carbons (Fsp3) is 0.231. The molecule has 1 aromatic carbocycles. The molecule has 0 saturated heterocycles. The highest BCUT2D eigenvalue weighted by atomic mass is 16.4. The average Bonchev–Trinajstić information content (AvgIpc) is 2.63. The molecule has 0 aliphatic rings. The number of benzene rings is 1. The zero-order valence-electron chi connectivity index (χ0n) is 9.84. The van der Waals surface area contributed by atoms with Gasteiger partial charge in [-0.1, -0.05) is 13.0 Å². The fourth-order valence-corrected chi connectivity index (χ4v) is 1.77. The third-order valence-corrected chi connectivity index (χ3v) is 2.76. The Labute approximate surface area is 99.2 Å². The van der Waals surface area contributed by atoms with Crippen molar-refractivity contribution in [3.8, 4) is 0 Å². The van der Waals surface area contributed by atoms with Crippen LogP contribution in [0.15, 0.2) is 24.3 Å². The highest BCUT2D eigenvalue weighted by Crippen LogP contribution is 2.17. The van der Waals surface area contributed by atoms with E-state index in [0.29, 0.717) is 5.82 Å². The van der Waals surface area contributed by atoms with E-state index in [9.17, 15) is 4.79 Å². The molecule has 2 rings (SSSR count). The summed E-state index contributed by atoms with van der Waals surface area (Å²) in [6.45, 7) is 2.10. The third kappa shape index (κ3) is 2.20. The van der Waals surface area contributed by atoms with Crippen molar-refractivity contribution < 1.29 is 9.90 Å². The number of fused-ring (bicyclic) bond motifs is 1. The van der Waals surface area contributed by atoms with E-state index in [2.05, 4.69) is 18.0 Å². The maximum Gasteiger partial charge on any atom is 0.328 e. The van der Waals surface area contributed by atoms with Crippen molar-refractivity contribution in [1.29, 1.82) is 0 Å². The van der Waals surface area contributed by atoms with Crippen molar-refractivity contribution in [2.75, 3.05) is 0 Å². The first kappa shape index (κ1) is 11.4. The molecule has 0 saturated carbocycles. The number of rotatable bonds is 3. The van der Waals surface area contributed by atoms with Crippen molar-refractivity contribution in [2.45, 2.75) is 13.3 Å². The Kier molecular flexibility index (Phi) is 2.95. The number of aliphatic carboxylic acids is 1. The van der Waals surface area contributed by atoms with E-state index in [0.717, 1.165) is 23.5 Å². The van der Waals surface area contributed by atoms with Crippen molar-refractivity contribution in [3.63, 3.8) is 0 Å². The van der Waals surface area contributed by atoms with Crippen LogP contribution >= 0.6 is 0 Å². The number of carboxylic acids is 1. The predicted molar refractivity (Wildman–Crippen MR) is 66.8 cm³/mol. The molecule has 0 aliphatic carbocycles. The van der Waals surface area contributed by atoms with Crippen LogP contribution in [0.5, 0.6) is 0 Å². The van der Waals surface area contributed by atoms with Crippen LogP contribution in [0.4, 0.5) is 0 Å². The summed E-state index contributed by atoms with van der Waals surface area (Å²) in [6, 6.07) is 6.09. The zero-order chi connectivity index (χ0) is 12.4. The second-order valence-corrected chi connectivity index (χ2v) is 3.88. The number of hydrogen-bond donors (Lipinski definition) is 1. The van der Waals surface area contributed by atoms with Crippen LogP contribution < -0.4 is 0 Å². The summed E-state index contributed by atoms with van der Waals surface area (Å²) in [5.41, 5.74) is 3.15. The molecule has 17 heavy (non-hydrogen) atoms. The van der Waals surface area contributed by atoms with E-state index in [4.69, 9.17) is 5.11 Å². The number of imidazole rings is 1. The molecule has 1 aromatic heterocycles. The van der Waals surface area contributed by atoms with Gasteiger partial charge in [-0.3, -0.25) is 0 Å². The number of aromatic nitrogens is 2. The van der Waals surface area contributed by atoms with Gasteiger partial charge < -0.3 is 9.67 Å². The molecule has 0 bridgehead atoms. The van der Waals surface area contributed by atoms with Crippen molar-refractivity contribution in [2.24, 2.45) is 7.05 Å². The molecule has 0 fully saturated rings. The van der Waals surface area contributed by atoms with E-state index in [1.165, 1.54) is 11.6 Å². The lowest BCUT2D eigenvalue weighted by atomic mass is 10.1. The lowest BCUT2D eigenvalue weighted by molar-refractivity contribution is -0.131. The Hall–Kier alpha value is -2.10. The Balaban J connectivity index is 2.53. The van der Waals surface area contributed by atoms with Gasteiger partial charge in [-0.15, -0.1) is 0 Å². The first-order valence-electron chi connectivity index (χ1n) is 5.48. The lowest BCUT2D eigenvalue weighted by Gasteiger charge is -1.99. The van der Waals surface area contributed by atoms with Crippen molar-refractivity contribution in [1.82, 2.24) is 9.55 Å². The molecule has 0 spiro atoms. The summed E-state index contributed by atoms with van der Waals surface area (Å²) in [5.74, 6) is -0.318. The normalized spacial score (nSPS) is 11.4. The molecular formula is C13H14N2O2. The first-order chi connectivity index (χ1) is 8.11. The van der Waals surface area contributed by atoms with Gasteiger partial charge in [-0.25, -0.2) is 9.78 Å². The van der Waals surface area contributed by atoms with Crippen LogP contribution in [0.1, 0.15) is 18.3 Å². The van der Waals surface area contributed by atoms with E-state index in [-0.39, 0.29) is 0 Å². The first-order valence-corrected chi connectivity index (χ1v) is 5.48. The van der Waals surface area contributed by atoms with Crippen molar-refractivity contribution >= 4 is 23.1 Å². The number of carboxylic acid groups (broad SMARTS) is 1. The number of nitrogens with zero attached hydrogens (tertiary/aromatic N) is 2. The highest BCUT2D eigenvalue weighted by molar-refractivity contribution is 5.86. The van der Waals surface area contributed by atoms with Crippen molar-refractivity contribution in [3.05, 3.63) is 35.7 Å². The Bertz CT molecular complexity index is 597. The molecule has 1 heterocycles. The Morgan fingerprint density at radius 1 is 1.53 bits per heavy atom. The molecule has 1 N–H and O–H groups in total. The van der Waals surface area contributed by atoms with Gasteiger partial charge in [0, 0.05) is 13.1 Å². The largest absolute Gasteiger partial charge is 0.478 e. The summed E-state index contributed by atoms with van der Waals surface area (Å²) < 4.78 is 1.90. The monoisotopic (exact) mass is 230 g/mol. The summed E-state index contributed by atoms with van der Waals surface area (Å²) in [5, 5.41) is 8.60. The predicted octanol–water partition coefficient (Wildman–Crippen LogP) is 2.23. The molecule has 2 aromatic rings. The molecule has 0 atom stereocenters.